The Morgan fingerprint density at radius 3 is 2.42 bits per heavy atom. The van der Waals surface area contributed by atoms with Crippen molar-refractivity contribution in [2.45, 2.75) is 20.0 Å². The fraction of sp³-hybridized carbons (Fsp3) is 0.143. The van der Waals surface area contributed by atoms with Crippen molar-refractivity contribution in [3.05, 3.63) is 75.5 Å². The topological polar surface area (TPSA) is 146 Å². The SMILES string of the molecule is Cc1sc2nc(CNCc3ccco3)[nH]c(=O)c2c1-c1ccccc1.O=C(O)C(=O)O. The molecule has 0 aliphatic rings. The number of aryl methyl sites for hydroxylation is 1. The van der Waals surface area contributed by atoms with E-state index in [1.807, 2.05) is 49.4 Å². The Hall–Kier alpha value is -3.76. The Kier molecular flexibility index (Phi) is 6.96. The first-order chi connectivity index (χ1) is 14.9. The molecule has 160 valence electrons. The average Bonchev–Trinajstić information content (AvgIpc) is 3.36. The Labute approximate surface area is 180 Å². The summed E-state index contributed by atoms with van der Waals surface area (Å²) in [5.74, 6) is -2.17. The molecule has 0 spiro atoms. The van der Waals surface area contributed by atoms with E-state index in [0.29, 0.717) is 24.3 Å². The van der Waals surface area contributed by atoms with Crippen molar-refractivity contribution >= 4 is 33.5 Å². The van der Waals surface area contributed by atoms with E-state index in [1.54, 1.807) is 17.6 Å². The van der Waals surface area contributed by atoms with Crippen molar-refractivity contribution in [3.8, 4) is 11.1 Å². The van der Waals surface area contributed by atoms with Crippen LogP contribution in [0.1, 0.15) is 16.5 Å². The summed E-state index contributed by atoms with van der Waals surface area (Å²) < 4.78 is 5.28. The van der Waals surface area contributed by atoms with E-state index in [9.17, 15) is 4.79 Å². The highest BCUT2D eigenvalue weighted by molar-refractivity contribution is 7.19. The van der Waals surface area contributed by atoms with Crippen LogP contribution in [0.15, 0.2) is 57.9 Å². The number of carboxylic acids is 2. The minimum absolute atomic E-state index is 0.0944. The number of nitrogens with one attached hydrogen (secondary N) is 2. The number of carboxylic acid groups (broad SMARTS) is 2. The van der Waals surface area contributed by atoms with Gasteiger partial charge in [0.15, 0.2) is 0 Å². The number of H-pyrrole nitrogens is 1. The van der Waals surface area contributed by atoms with Gasteiger partial charge in [0.25, 0.3) is 5.56 Å². The number of rotatable bonds is 5. The molecule has 3 aromatic heterocycles. The van der Waals surface area contributed by atoms with Gasteiger partial charge in [-0.3, -0.25) is 4.79 Å². The maximum atomic E-state index is 12.7. The zero-order valence-electron chi connectivity index (χ0n) is 16.4. The van der Waals surface area contributed by atoms with E-state index >= 15 is 0 Å². The van der Waals surface area contributed by atoms with E-state index in [0.717, 1.165) is 26.6 Å². The maximum Gasteiger partial charge on any atom is 0.414 e. The third kappa shape index (κ3) is 5.44. The predicted octanol–water partition coefficient (Wildman–Crippen LogP) is 3.00. The van der Waals surface area contributed by atoms with Crippen LogP contribution in [0.5, 0.6) is 0 Å². The Morgan fingerprint density at radius 1 is 1.10 bits per heavy atom. The van der Waals surface area contributed by atoms with Gasteiger partial charge in [-0.2, -0.15) is 0 Å². The monoisotopic (exact) mass is 441 g/mol. The Morgan fingerprint density at radius 2 is 1.81 bits per heavy atom. The van der Waals surface area contributed by atoms with E-state index in [1.165, 1.54) is 0 Å². The van der Waals surface area contributed by atoms with Crippen LogP contribution in [0.3, 0.4) is 0 Å². The average molecular weight is 441 g/mol. The number of carbonyl (C=O) groups is 2. The van der Waals surface area contributed by atoms with E-state index in [-0.39, 0.29) is 5.56 Å². The molecule has 9 nitrogen and oxygen atoms in total. The van der Waals surface area contributed by atoms with Crippen LogP contribution in [0.2, 0.25) is 0 Å². The molecule has 0 unspecified atom stereocenters. The molecule has 0 aliphatic heterocycles. The van der Waals surface area contributed by atoms with E-state index in [2.05, 4.69) is 15.3 Å². The van der Waals surface area contributed by atoms with Crippen molar-refractivity contribution in [2.24, 2.45) is 0 Å². The summed E-state index contributed by atoms with van der Waals surface area (Å²) in [7, 11) is 0. The summed E-state index contributed by atoms with van der Waals surface area (Å²) in [4.78, 5) is 40.3. The van der Waals surface area contributed by atoms with Crippen molar-refractivity contribution in [1.29, 1.82) is 0 Å². The fourth-order valence-electron chi connectivity index (χ4n) is 2.92. The van der Waals surface area contributed by atoms with Crippen LogP contribution >= 0.6 is 11.3 Å². The van der Waals surface area contributed by atoms with Gasteiger partial charge in [0.1, 0.15) is 16.4 Å². The molecule has 0 saturated heterocycles. The standard InChI is InChI=1S/C19H17N3O2S.C2H2O4/c1-12-16(13-6-3-2-4-7-13)17-18(23)21-15(22-19(17)25-12)11-20-10-14-8-5-9-24-14;3-1(4)2(5)6/h2-9,20H,10-11H2,1H3,(H,21,22,23);(H,3,4)(H,5,6). The summed E-state index contributed by atoms with van der Waals surface area (Å²) in [6, 6.07) is 13.7. The van der Waals surface area contributed by atoms with Gasteiger partial charge in [-0.15, -0.1) is 11.3 Å². The molecular formula is C21H19N3O6S. The van der Waals surface area contributed by atoms with Gasteiger partial charge in [0.05, 0.1) is 24.7 Å². The number of thiophene rings is 1. The first-order valence-electron chi connectivity index (χ1n) is 9.14. The zero-order valence-corrected chi connectivity index (χ0v) is 17.2. The largest absolute Gasteiger partial charge is 0.473 e. The van der Waals surface area contributed by atoms with Crippen molar-refractivity contribution < 1.29 is 24.2 Å². The second kappa shape index (κ2) is 9.83. The van der Waals surface area contributed by atoms with Gasteiger partial charge in [0, 0.05) is 10.4 Å². The van der Waals surface area contributed by atoms with Crippen LogP contribution in [0.4, 0.5) is 0 Å². The van der Waals surface area contributed by atoms with Gasteiger partial charge in [0.2, 0.25) is 0 Å². The van der Waals surface area contributed by atoms with Gasteiger partial charge in [-0.1, -0.05) is 30.3 Å². The third-order valence-electron chi connectivity index (χ3n) is 4.20. The molecule has 0 amide bonds. The number of aliphatic carboxylic acids is 2. The lowest BCUT2D eigenvalue weighted by Gasteiger charge is -2.04. The smallest absolute Gasteiger partial charge is 0.414 e. The van der Waals surface area contributed by atoms with Crippen LogP contribution in [0, 0.1) is 6.92 Å². The summed E-state index contributed by atoms with van der Waals surface area (Å²) in [6.45, 7) is 3.10. The molecule has 31 heavy (non-hydrogen) atoms. The van der Waals surface area contributed by atoms with Crippen molar-refractivity contribution in [2.75, 3.05) is 0 Å². The number of furan rings is 1. The number of hydrogen-bond donors (Lipinski definition) is 4. The molecule has 3 heterocycles. The molecule has 0 fully saturated rings. The molecule has 4 aromatic rings. The van der Waals surface area contributed by atoms with Gasteiger partial charge in [-0.05, 0) is 24.6 Å². The van der Waals surface area contributed by atoms with E-state index < -0.39 is 11.9 Å². The number of nitrogens with zero attached hydrogens (tertiary/aromatic N) is 1. The lowest BCUT2D eigenvalue weighted by molar-refractivity contribution is -0.159. The molecule has 4 N–H and O–H groups in total. The first kappa shape index (κ1) is 21.9. The van der Waals surface area contributed by atoms with Crippen LogP contribution < -0.4 is 10.9 Å². The van der Waals surface area contributed by atoms with Crippen LogP contribution in [0.25, 0.3) is 21.3 Å². The highest BCUT2D eigenvalue weighted by atomic mass is 32.1. The molecular weight excluding hydrogens is 422 g/mol. The summed E-state index contributed by atoms with van der Waals surface area (Å²) in [5.41, 5.74) is 1.93. The molecule has 0 aliphatic carbocycles. The zero-order chi connectivity index (χ0) is 22.4. The second-order valence-corrected chi connectivity index (χ2v) is 7.59. The van der Waals surface area contributed by atoms with Gasteiger partial charge in [-0.25, -0.2) is 14.6 Å². The molecule has 0 radical (unpaired) electrons. The van der Waals surface area contributed by atoms with Gasteiger partial charge < -0.3 is 24.9 Å². The molecule has 4 rings (SSSR count). The minimum Gasteiger partial charge on any atom is -0.473 e. The highest BCUT2D eigenvalue weighted by Crippen LogP contribution is 2.35. The molecule has 1 aromatic carbocycles. The number of benzene rings is 1. The van der Waals surface area contributed by atoms with Gasteiger partial charge >= 0.3 is 11.9 Å². The summed E-state index contributed by atoms with van der Waals surface area (Å²) >= 11 is 1.56. The molecule has 0 atom stereocenters. The summed E-state index contributed by atoms with van der Waals surface area (Å²) in [6.07, 6.45) is 1.64. The Bertz CT molecular complexity index is 1230. The highest BCUT2D eigenvalue weighted by Gasteiger charge is 2.16. The lowest BCUT2D eigenvalue weighted by Crippen LogP contribution is -2.18. The molecule has 0 bridgehead atoms. The number of fused-ring (bicyclic) bond motifs is 1. The number of hydrogen-bond acceptors (Lipinski definition) is 7. The number of aromatic nitrogens is 2. The lowest BCUT2D eigenvalue weighted by atomic mass is 10.0. The summed E-state index contributed by atoms with van der Waals surface area (Å²) in [5, 5.41) is 18.7. The van der Waals surface area contributed by atoms with Crippen LogP contribution in [-0.2, 0) is 22.7 Å². The third-order valence-corrected chi connectivity index (χ3v) is 5.20. The normalized spacial score (nSPS) is 10.5. The van der Waals surface area contributed by atoms with Crippen molar-refractivity contribution in [1.82, 2.24) is 15.3 Å². The Balaban J connectivity index is 0.000000401. The number of aromatic amines is 1. The van der Waals surface area contributed by atoms with E-state index in [4.69, 9.17) is 24.2 Å². The molecule has 0 saturated carbocycles. The molecule has 10 heteroatoms. The first-order valence-corrected chi connectivity index (χ1v) is 9.95. The second-order valence-electron chi connectivity index (χ2n) is 6.39. The van der Waals surface area contributed by atoms with Crippen molar-refractivity contribution in [3.63, 3.8) is 0 Å². The maximum absolute atomic E-state index is 12.7. The van der Waals surface area contributed by atoms with Crippen LogP contribution in [-0.4, -0.2) is 32.1 Å². The minimum atomic E-state index is -1.82. The quantitative estimate of drug-likeness (QED) is 0.346. The fourth-order valence-corrected chi connectivity index (χ4v) is 3.98. The predicted molar refractivity (Wildman–Crippen MR) is 115 cm³/mol.